The van der Waals surface area contributed by atoms with E-state index in [1.54, 1.807) is 0 Å². The first-order valence-electron chi connectivity index (χ1n) is 12.9. The molecule has 6 rings (SSSR count). The van der Waals surface area contributed by atoms with E-state index in [1.807, 2.05) is 82.3 Å². The first kappa shape index (κ1) is 25.4. The van der Waals surface area contributed by atoms with Gasteiger partial charge in [0.15, 0.2) is 0 Å². The van der Waals surface area contributed by atoms with E-state index in [-0.39, 0.29) is 17.0 Å². The first-order chi connectivity index (χ1) is 19.2. The Balaban J connectivity index is 1.75. The molecule has 1 spiro atoms. The van der Waals surface area contributed by atoms with Crippen molar-refractivity contribution in [1.29, 1.82) is 0 Å². The zero-order chi connectivity index (χ0) is 28.3. The number of carbonyl (C=O) groups is 2. The molecule has 0 bridgehead atoms. The molecule has 0 N–H and O–H groups in total. The highest BCUT2D eigenvalue weighted by Gasteiger charge is 2.61. The second kappa shape index (κ2) is 9.12. The third kappa shape index (κ3) is 3.49. The fourth-order valence-corrected chi connectivity index (χ4v) is 5.56. The Kier molecular flexibility index (Phi) is 5.80. The topological polar surface area (TPSA) is 100.0 Å². The summed E-state index contributed by atoms with van der Waals surface area (Å²) in [6, 6.07) is 17.2. The molecule has 0 radical (unpaired) electrons. The third-order valence-electron chi connectivity index (χ3n) is 7.67. The zero-order valence-corrected chi connectivity index (χ0v) is 23.1. The van der Waals surface area contributed by atoms with Gasteiger partial charge in [0.25, 0.3) is 0 Å². The summed E-state index contributed by atoms with van der Waals surface area (Å²) in [7, 11) is 2.51. The number of fused-ring (bicyclic) bond motifs is 6. The van der Waals surface area contributed by atoms with E-state index in [1.165, 1.54) is 14.2 Å². The quantitative estimate of drug-likeness (QED) is 0.321. The van der Waals surface area contributed by atoms with Crippen molar-refractivity contribution in [3.05, 3.63) is 99.3 Å². The number of para-hydroxylation sites is 1. The lowest BCUT2D eigenvalue weighted by atomic mass is 9.85. The highest BCUT2D eigenvalue weighted by atomic mass is 16.6. The van der Waals surface area contributed by atoms with E-state index >= 15 is 0 Å². The van der Waals surface area contributed by atoms with Gasteiger partial charge in [0.2, 0.25) is 11.5 Å². The molecule has 0 saturated heterocycles. The summed E-state index contributed by atoms with van der Waals surface area (Å²) >= 11 is 0. The van der Waals surface area contributed by atoms with Crippen LogP contribution < -0.4 is 0 Å². The largest absolute Gasteiger partial charge is 0.466 e. The number of hydrogen-bond acceptors (Lipinski definition) is 8. The van der Waals surface area contributed by atoms with Gasteiger partial charge < -0.3 is 14.2 Å². The number of carbonyl (C=O) groups excluding carboxylic acids is 2. The van der Waals surface area contributed by atoms with Gasteiger partial charge in [0.1, 0.15) is 16.8 Å². The number of esters is 2. The average molecular weight is 534 g/mol. The van der Waals surface area contributed by atoms with Crippen LogP contribution in [-0.4, -0.2) is 42.0 Å². The van der Waals surface area contributed by atoms with Crippen molar-refractivity contribution in [3.63, 3.8) is 0 Å². The van der Waals surface area contributed by atoms with Crippen LogP contribution in [-0.2, 0) is 29.4 Å². The molecular formula is C32H27N3O5. The minimum Gasteiger partial charge on any atom is -0.466 e. The van der Waals surface area contributed by atoms with Gasteiger partial charge in [-0.15, -0.1) is 0 Å². The van der Waals surface area contributed by atoms with Gasteiger partial charge in [-0.05, 0) is 62.1 Å². The number of methoxy groups -OCH3 is 2. The molecule has 1 unspecified atom stereocenters. The Labute approximate surface area is 231 Å². The molecule has 3 aromatic carbocycles. The monoisotopic (exact) mass is 533 g/mol. The molecule has 0 fully saturated rings. The molecule has 1 atom stereocenters. The summed E-state index contributed by atoms with van der Waals surface area (Å²) in [4.78, 5) is 41.9. The molecule has 8 nitrogen and oxygen atoms in total. The molecule has 4 aromatic rings. The summed E-state index contributed by atoms with van der Waals surface area (Å²) in [6.45, 7) is 7.87. The van der Waals surface area contributed by atoms with E-state index in [4.69, 9.17) is 29.2 Å². The van der Waals surface area contributed by atoms with Crippen molar-refractivity contribution in [2.75, 3.05) is 14.2 Å². The van der Waals surface area contributed by atoms with Crippen LogP contribution in [0.3, 0.4) is 0 Å². The Bertz CT molecular complexity index is 1820. The van der Waals surface area contributed by atoms with Crippen LogP contribution >= 0.6 is 0 Å². The summed E-state index contributed by atoms with van der Waals surface area (Å²) < 4.78 is 17.1. The molecule has 200 valence electrons. The van der Waals surface area contributed by atoms with Gasteiger partial charge in [-0.1, -0.05) is 42.5 Å². The second-order valence-electron chi connectivity index (χ2n) is 10.1. The van der Waals surface area contributed by atoms with Gasteiger partial charge in [-0.3, -0.25) is 0 Å². The first-order valence-corrected chi connectivity index (χ1v) is 12.9. The second-order valence-corrected chi connectivity index (χ2v) is 10.1. The molecule has 1 aliphatic carbocycles. The number of aryl methyl sites for hydroxylation is 4. The Morgan fingerprint density at radius 2 is 1.43 bits per heavy atom. The van der Waals surface area contributed by atoms with Crippen LogP contribution in [0, 0.1) is 27.7 Å². The minimum atomic E-state index is -1.63. The van der Waals surface area contributed by atoms with E-state index in [9.17, 15) is 9.59 Å². The Hall–Kier alpha value is -4.85. The van der Waals surface area contributed by atoms with E-state index < -0.39 is 17.5 Å². The normalized spacial score (nSPS) is 18.2. The van der Waals surface area contributed by atoms with Crippen LogP contribution in [0.1, 0.15) is 33.5 Å². The predicted octanol–water partition coefficient (Wildman–Crippen LogP) is 5.49. The fraction of sp³-hybridized carbons (Fsp3) is 0.219. The molecule has 0 saturated carbocycles. The maximum Gasteiger partial charge on any atom is 0.344 e. The number of hydrogen-bond donors (Lipinski definition) is 0. The maximum absolute atomic E-state index is 13.6. The Morgan fingerprint density at radius 1 is 0.800 bits per heavy atom. The standard InChI is InChI=1S/C32H27N3O5/c1-16-10-9-11-17(2)26(16)35-29-24(30(36)38-5)25(31(37)39-6)32(40-29)21-13-8-7-12-20(21)27-28(32)34-23-15-19(4)18(3)14-22(23)33-27/h7-15H,1-6H3. The maximum atomic E-state index is 13.6. The summed E-state index contributed by atoms with van der Waals surface area (Å²) in [6.07, 6.45) is 0. The molecule has 0 amide bonds. The lowest BCUT2D eigenvalue weighted by molar-refractivity contribution is -0.139. The Morgan fingerprint density at radius 3 is 2.08 bits per heavy atom. The van der Waals surface area contributed by atoms with Gasteiger partial charge in [-0.2, -0.15) is 0 Å². The minimum absolute atomic E-state index is 0.0458. The summed E-state index contributed by atoms with van der Waals surface area (Å²) in [5, 5.41) is 0. The van der Waals surface area contributed by atoms with Crippen molar-refractivity contribution in [2.24, 2.45) is 4.99 Å². The van der Waals surface area contributed by atoms with Crippen LogP contribution in [0.4, 0.5) is 5.69 Å². The number of nitrogens with zero attached hydrogens (tertiary/aromatic N) is 3. The molecule has 1 aliphatic heterocycles. The highest BCUT2D eigenvalue weighted by molar-refractivity contribution is 6.25. The highest BCUT2D eigenvalue weighted by Crippen LogP contribution is 2.56. The van der Waals surface area contributed by atoms with E-state index in [0.29, 0.717) is 33.7 Å². The fourth-order valence-electron chi connectivity index (χ4n) is 5.56. The van der Waals surface area contributed by atoms with Gasteiger partial charge in [0, 0.05) is 11.1 Å². The molecule has 1 aromatic heterocycles. The van der Waals surface area contributed by atoms with Gasteiger partial charge in [-0.25, -0.2) is 24.5 Å². The predicted molar refractivity (Wildman–Crippen MR) is 150 cm³/mol. The van der Waals surface area contributed by atoms with Crippen molar-refractivity contribution in [3.8, 4) is 11.3 Å². The van der Waals surface area contributed by atoms with Gasteiger partial charge in [0.05, 0.1) is 36.6 Å². The third-order valence-corrected chi connectivity index (χ3v) is 7.67. The number of aliphatic imine (C=N–C) groups is 1. The van der Waals surface area contributed by atoms with Crippen molar-refractivity contribution in [1.82, 2.24) is 9.97 Å². The summed E-state index contributed by atoms with van der Waals surface area (Å²) in [5.74, 6) is -1.57. The SMILES string of the molecule is COC(=O)C1=C(C(=O)OC)C2(OC1=Nc1c(C)cccc1C)c1ccccc1-c1nc3cc(C)c(C)cc3nc12. The van der Waals surface area contributed by atoms with E-state index in [2.05, 4.69) is 0 Å². The van der Waals surface area contributed by atoms with Crippen LogP contribution in [0.25, 0.3) is 22.3 Å². The van der Waals surface area contributed by atoms with Crippen molar-refractivity contribution < 1.29 is 23.8 Å². The van der Waals surface area contributed by atoms with Crippen LogP contribution in [0.15, 0.2) is 70.7 Å². The zero-order valence-electron chi connectivity index (χ0n) is 23.1. The number of ether oxygens (including phenoxy) is 3. The van der Waals surface area contributed by atoms with E-state index in [0.717, 1.165) is 27.8 Å². The molecule has 2 aliphatic rings. The average Bonchev–Trinajstić information content (AvgIpc) is 3.42. The van der Waals surface area contributed by atoms with Gasteiger partial charge >= 0.3 is 11.9 Å². The van der Waals surface area contributed by atoms with Crippen LogP contribution in [0.2, 0.25) is 0 Å². The smallest absolute Gasteiger partial charge is 0.344 e. The lowest BCUT2D eigenvalue weighted by Crippen LogP contribution is -2.33. The molecule has 40 heavy (non-hydrogen) atoms. The van der Waals surface area contributed by atoms with Crippen molar-refractivity contribution >= 4 is 34.6 Å². The molecular weight excluding hydrogens is 506 g/mol. The van der Waals surface area contributed by atoms with Crippen molar-refractivity contribution in [2.45, 2.75) is 33.3 Å². The number of aromatic nitrogens is 2. The number of rotatable bonds is 3. The van der Waals surface area contributed by atoms with Crippen LogP contribution in [0.5, 0.6) is 0 Å². The summed E-state index contributed by atoms with van der Waals surface area (Å²) in [5.41, 5.74) is 6.40. The molecule has 2 heterocycles. The number of benzene rings is 3. The lowest BCUT2D eigenvalue weighted by Gasteiger charge is -2.27. The molecule has 8 heteroatoms.